The predicted octanol–water partition coefficient (Wildman–Crippen LogP) is 4.36. The summed E-state index contributed by atoms with van der Waals surface area (Å²) in [5, 5.41) is 16.4. The zero-order chi connectivity index (χ0) is 20.7. The Labute approximate surface area is 174 Å². The van der Waals surface area contributed by atoms with Crippen molar-refractivity contribution in [3.63, 3.8) is 0 Å². The molecular weight excluding hydrogens is 374 g/mol. The van der Waals surface area contributed by atoms with Gasteiger partial charge in [-0.2, -0.15) is 9.66 Å². The zero-order valence-corrected chi connectivity index (χ0v) is 16.7. The van der Waals surface area contributed by atoms with Crippen molar-refractivity contribution in [3.8, 4) is 6.07 Å². The summed E-state index contributed by atoms with van der Waals surface area (Å²) in [4.78, 5) is 14.7. The Morgan fingerprint density at radius 2 is 1.73 bits per heavy atom. The maximum absolute atomic E-state index is 11.3. The maximum atomic E-state index is 11.3. The molecule has 148 valence electrons. The monoisotopic (exact) mass is 396 g/mol. The fraction of sp³-hybridized carbons (Fsp3) is 0.208. The molecule has 2 aromatic carbocycles. The first-order valence-electron chi connectivity index (χ1n) is 10.2. The van der Waals surface area contributed by atoms with Crippen molar-refractivity contribution in [3.05, 3.63) is 65.2 Å². The van der Waals surface area contributed by atoms with Crippen LogP contribution in [0.3, 0.4) is 0 Å². The highest BCUT2D eigenvalue weighted by atomic mass is 16.1. The molecule has 2 aromatic heterocycles. The predicted molar refractivity (Wildman–Crippen MR) is 117 cm³/mol. The summed E-state index contributed by atoms with van der Waals surface area (Å²) >= 11 is 0. The van der Waals surface area contributed by atoms with Gasteiger partial charge in [-0.15, -0.1) is 0 Å². The summed E-state index contributed by atoms with van der Waals surface area (Å²) < 4.78 is 2.14. The van der Waals surface area contributed by atoms with Gasteiger partial charge in [0.05, 0.1) is 5.69 Å². The Hall–Kier alpha value is -3.85. The van der Waals surface area contributed by atoms with E-state index in [4.69, 9.17) is 0 Å². The van der Waals surface area contributed by atoms with E-state index in [-0.39, 0.29) is 5.91 Å². The molecule has 0 spiro atoms. The van der Waals surface area contributed by atoms with Crippen molar-refractivity contribution in [1.82, 2.24) is 4.98 Å². The fourth-order valence-corrected chi connectivity index (χ4v) is 4.43. The summed E-state index contributed by atoms with van der Waals surface area (Å²) in [5.74, 6) is 0.913. The average Bonchev–Trinajstić information content (AvgIpc) is 3.14. The van der Waals surface area contributed by atoms with Crippen LogP contribution in [0, 0.1) is 11.3 Å². The number of anilines is 3. The van der Waals surface area contributed by atoms with Crippen molar-refractivity contribution < 1.29 is 9.20 Å². The highest BCUT2D eigenvalue weighted by Crippen LogP contribution is 2.33. The van der Waals surface area contributed by atoms with Gasteiger partial charge in [0.2, 0.25) is 17.4 Å². The van der Waals surface area contributed by atoms with Gasteiger partial charge < -0.3 is 5.32 Å². The highest BCUT2D eigenvalue weighted by Gasteiger charge is 2.28. The summed E-state index contributed by atoms with van der Waals surface area (Å²) in [7, 11) is 0. The van der Waals surface area contributed by atoms with E-state index >= 15 is 0 Å². The van der Waals surface area contributed by atoms with E-state index in [9.17, 15) is 10.1 Å². The van der Waals surface area contributed by atoms with Crippen LogP contribution in [0.5, 0.6) is 0 Å². The molecule has 4 aromatic rings. The second kappa shape index (κ2) is 7.20. The van der Waals surface area contributed by atoms with Crippen LogP contribution in [-0.4, -0.2) is 10.9 Å². The van der Waals surface area contributed by atoms with Crippen LogP contribution in [0.1, 0.15) is 36.5 Å². The van der Waals surface area contributed by atoms with Crippen molar-refractivity contribution in [2.75, 3.05) is 10.6 Å². The Morgan fingerprint density at radius 3 is 2.47 bits per heavy atom. The average molecular weight is 396 g/mol. The molecular formula is C24H22N5O+. The van der Waals surface area contributed by atoms with Crippen molar-refractivity contribution in [1.29, 1.82) is 5.26 Å². The van der Waals surface area contributed by atoms with Gasteiger partial charge in [0.15, 0.2) is 0 Å². The number of hydrogen-bond donors (Lipinski definition) is 3. The number of benzene rings is 2. The molecule has 0 fully saturated rings. The quantitative estimate of drug-likeness (QED) is 0.450. The number of aromatic nitrogens is 2. The van der Waals surface area contributed by atoms with Crippen LogP contribution >= 0.6 is 0 Å². The lowest BCUT2D eigenvalue weighted by atomic mass is 9.89. The molecule has 1 aliphatic rings. The molecule has 5 rings (SSSR count). The van der Waals surface area contributed by atoms with Gasteiger partial charge in [0, 0.05) is 18.2 Å². The molecule has 0 unspecified atom stereocenters. The number of aromatic amines is 1. The minimum absolute atomic E-state index is 0.0899. The number of amides is 1. The molecule has 0 saturated carbocycles. The van der Waals surface area contributed by atoms with E-state index in [0.29, 0.717) is 0 Å². The Bertz CT molecular complexity index is 1330. The number of imidazole rings is 1. The lowest BCUT2D eigenvalue weighted by Gasteiger charge is -2.19. The Kier molecular flexibility index (Phi) is 4.36. The second-order valence-electron chi connectivity index (χ2n) is 7.71. The van der Waals surface area contributed by atoms with Gasteiger partial charge in [0.25, 0.3) is 0 Å². The first-order valence-corrected chi connectivity index (χ1v) is 10.2. The van der Waals surface area contributed by atoms with Crippen LogP contribution in [0.15, 0.2) is 48.5 Å². The van der Waals surface area contributed by atoms with Gasteiger partial charge >= 0.3 is 0 Å². The molecule has 1 amide bonds. The van der Waals surface area contributed by atoms with Crippen molar-refractivity contribution in [2.45, 2.75) is 32.6 Å². The van der Waals surface area contributed by atoms with Crippen LogP contribution in [0.2, 0.25) is 0 Å². The van der Waals surface area contributed by atoms with Crippen LogP contribution in [0.4, 0.5) is 17.2 Å². The minimum atomic E-state index is -0.0899. The summed E-state index contributed by atoms with van der Waals surface area (Å²) in [6, 6.07) is 18.3. The number of nitrogens with zero attached hydrogens (tertiary/aromatic N) is 2. The molecule has 0 atom stereocenters. The van der Waals surface area contributed by atoms with E-state index in [1.807, 2.05) is 42.5 Å². The molecule has 3 N–H and O–H groups in total. The number of H-pyrrole nitrogens is 1. The summed E-state index contributed by atoms with van der Waals surface area (Å²) in [5.41, 5.74) is 7.67. The smallest absolute Gasteiger partial charge is 0.250 e. The van der Waals surface area contributed by atoms with E-state index in [1.54, 1.807) is 0 Å². The number of nitrogens with one attached hydrogen (secondary N) is 3. The molecule has 0 saturated heterocycles. The second-order valence-corrected chi connectivity index (χ2v) is 7.71. The van der Waals surface area contributed by atoms with Gasteiger partial charge in [-0.05, 0) is 67.6 Å². The number of pyridine rings is 1. The Balaban J connectivity index is 1.72. The van der Waals surface area contributed by atoms with Gasteiger partial charge in [-0.25, -0.2) is 0 Å². The van der Waals surface area contributed by atoms with E-state index in [2.05, 4.69) is 32.2 Å². The molecule has 1 aliphatic carbocycles. The standard InChI is InChI=1S/C24H21N5O/c1-15(30)26-16-10-12-17(13-11-16)27-23-19-7-3-2-6-18(19)20(14-25)24-28-21-8-4-5-9-22(21)29(23)24/h4-5,8-13H,2-3,6-7H2,1H3,(H2,26,27,28,30)/p+1. The molecule has 0 bridgehead atoms. The maximum Gasteiger partial charge on any atom is 0.250 e. The first kappa shape index (κ1) is 18.2. The lowest BCUT2D eigenvalue weighted by molar-refractivity contribution is -0.465. The molecule has 30 heavy (non-hydrogen) atoms. The largest absolute Gasteiger partial charge is 0.326 e. The van der Waals surface area contributed by atoms with Gasteiger partial charge in [-0.3, -0.25) is 15.1 Å². The highest BCUT2D eigenvalue weighted by molar-refractivity contribution is 5.89. The van der Waals surface area contributed by atoms with Crippen LogP contribution in [0.25, 0.3) is 16.7 Å². The number of para-hydroxylation sites is 2. The lowest BCUT2D eigenvalue weighted by Crippen LogP contribution is -2.30. The number of rotatable bonds is 3. The van der Waals surface area contributed by atoms with E-state index < -0.39 is 0 Å². The number of carbonyl (C=O) groups is 1. The summed E-state index contributed by atoms with van der Waals surface area (Å²) in [6.45, 7) is 1.50. The normalized spacial score (nSPS) is 13.1. The number of carbonyl (C=O) groups excluding carboxylic acids is 1. The van der Waals surface area contributed by atoms with Gasteiger partial charge in [0.1, 0.15) is 22.7 Å². The molecule has 0 aliphatic heterocycles. The van der Waals surface area contributed by atoms with E-state index in [0.717, 1.165) is 70.7 Å². The number of hydrogen-bond acceptors (Lipinski definition) is 3. The first-order chi connectivity index (χ1) is 14.7. The molecule has 0 radical (unpaired) electrons. The zero-order valence-electron chi connectivity index (χ0n) is 16.7. The third-order valence-electron chi connectivity index (χ3n) is 5.72. The minimum Gasteiger partial charge on any atom is -0.326 e. The van der Waals surface area contributed by atoms with Crippen molar-refractivity contribution in [2.24, 2.45) is 0 Å². The third-order valence-corrected chi connectivity index (χ3v) is 5.72. The van der Waals surface area contributed by atoms with Crippen molar-refractivity contribution >= 4 is 39.8 Å². The SMILES string of the molecule is CC(=O)Nc1ccc(Nc2c3c(c(C#N)c4[nH]c5ccccc5[n+]24)CCCC3)cc1. The number of fused-ring (bicyclic) bond motifs is 4. The van der Waals surface area contributed by atoms with Crippen LogP contribution < -0.4 is 15.0 Å². The van der Waals surface area contributed by atoms with Crippen LogP contribution in [-0.2, 0) is 17.6 Å². The summed E-state index contributed by atoms with van der Waals surface area (Å²) in [6.07, 6.45) is 4.07. The Morgan fingerprint density at radius 1 is 1.03 bits per heavy atom. The molecule has 6 heteroatoms. The fourth-order valence-electron chi connectivity index (χ4n) is 4.43. The number of nitriles is 1. The molecule has 6 nitrogen and oxygen atoms in total. The third kappa shape index (κ3) is 2.96. The van der Waals surface area contributed by atoms with Gasteiger partial charge in [-0.1, -0.05) is 12.1 Å². The van der Waals surface area contributed by atoms with E-state index in [1.165, 1.54) is 12.5 Å². The molecule has 2 heterocycles. The topological polar surface area (TPSA) is 84.8 Å².